The molecule has 0 aromatic heterocycles. The van der Waals surface area contributed by atoms with E-state index in [9.17, 15) is 0 Å². The molecule has 1 N–H and O–H groups in total. The molecule has 0 amide bonds. The van der Waals surface area contributed by atoms with Gasteiger partial charge < -0.3 is 5.32 Å². The van der Waals surface area contributed by atoms with E-state index in [1.54, 1.807) is 0 Å². The molecule has 2 rings (SSSR count). The zero-order chi connectivity index (χ0) is 12.8. The average molecular weight is 260 g/mol. The SMILES string of the molecule is CCCNCc1cccc(-c2ccccc2Cl)c1. The van der Waals surface area contributed by atoms with E-state index >= 15 is 0 Å². The number of halogens is 1. The Hall–Kier alpha value is -1.31. The van der Waals surface area contributed by atoms with Gasteiger partial charge in [-0.15, -0.1) is 0 Å². The van der Waals surface area contributed by atoms with Gasteiger partial charge in [-0.25, -0.2) is 0 Å². The van der Waals surface area contributed by atoms with Crippen LogP contribution in [-0.2, 0) is 6.54 Å². The first-order valence-corrected chi connectivity index (χ1v) is 6.73. The summed E-state index contributed by atoms with van der Waals surface area (Å²) in [6, 6.07) is 16.5. The highest BCUT2D eigenvalue weighted by Gasteiger charge is 2.03. The normalized spacial score (nSPS) is 10.6. The van der Waals surface area contributed by atoms with Crippen LogP contribution in [0, 0.1) is 0 Å². The minimum absolute atomic E-state index is 0.802. The molecular weight excluding hydrogens is 242 g/mol. The maximum Gasteiger partial charge on any atom is 0.0484 e. The largest absolute Gasteiger partial charge is 0.313 e. The Morgan fingerprint density at radius 1 is 1.06 bits per heavy atom. The van der Waals surface area contributed by atoms with Crippen LogP contribution < -0.4 is 5.32 Å². The molecule has 2 aromatic rings. The van der Waals surface area contributed by atoms with E-state index in [0.717, 1.165) is 30.1 Å². The van der Waals surface area contributed by atoms with Crippen LogP contribution in [0.4, 0.5) is 0 Å². The van der Waals surface area contributed by atoms with Crippen molar-refractivity contribution in [2.45, 2.75) is 19.9 Å². The fourth-order valence-electron chi connectivity index (χ4n) is 1.95. The monoisotopic (exact) mass is 259 g/mol. The third-order valence-corrected chi connectivity index (χ3v) is 3.20. The summed E-state index contributed by atoms with van der Waals surface area (Å²) in [6.07, 6.45) is 1.16. The van der Waals surface area contributed by atoms with Crippen molar-refractivity contribution in [1.82, 2.24) is 5.32 Å². The second-order valence-corrected chi connectivity index (χ2v) is 4.76. The van der Waals surface area contributed by atoms with Gasteiger partial charge in [0.1, 0.15) is 0 Å². The Morgan fingerprint density at radius 3 is 2.67 bits per heavy atom. The maximum atomic E-state index is 6.22. The summed E-state index contributed by atoms with van der Waals surface area (Å²) in [4.78, 5) is 0. The lowest BCUT2D eigenvalue weighted by Gasteiger charge is -2.08. The predicted molar refractivity (Wildman–Crippen MR) is 78.9 cm³/mol. The smallest absolute Gasteiger partial charge is 0.0484 e. The topological polar surface area (TPSA) is 12.0 Å². The van der Waals surface area contributed by atoms with Crippen LogP contribution in [0.1, 0.15) is 18.9 Å². The van der Waals surface area contributed by atoms with E-state index < -0.39 is 0 Å². The van der Waals surface area contributed by atoms with Crippen LogP contribution in [0.5, 0.6) is 0 Å². The van der Waals surface area contributed by atoms with E-state index in [1.807, 2.05) is 18.2 Å². The van der Waals surface area contributed by atoms with Crippen molar-refractivity contribution >= 4 is 11.6 Å². The van der Waals surface area contributed by atoms with Crippen LogP contribution in [0.15, 0.2) is 48.5 Å². The Bertz CT molecular complexity index is 508. The molecule has 0 bridgehead atoms. The lowest BCUT2D eigenvalue weighted by Crippen LogP contribution is -2.13. The molecule has 0 atom stereocenters. The molecule has 2 aromatic carbocycles. The van der Waals surface area contributed by atoms with Crippen molar-refractivity contribution in [2.24, 2.45) is 0 Å². The lowest BCUT2D eigenvalue weighted by molar-refractivity contribution is 0.675. The quantitative estimate of drug-likeness (QED) is 0.780. The Morgan fingerprint density at radius 2 is 1.89 bits per heavy atom. The van der Waals surface area contributed by atoms with Gasteiger partial charge >= 0.3 is 0 Å². The number of rotatable bonds is 5. The van der Waals surface area contributed by atoms with Gasteiger partial charge in [0.25, 0.3) is 0 Å². The van der Waals surface area contributed by atoms with Crippen molar-refractivity contribution in [3.8, 4) is 11.1 Å². The van der Waals surface area contributed by atoms with E-state index in [0.29, 0.717) is 0 Å². The molecular formula is C16H18ClN. The van der Waals surface area contributed by atoms with Gasteiger partial charge in [0.2, 0.25) is 0 Å². The van der Waals surface area contributed by atoms with Gasteiger partial charge in [0.05, 0.1) is 0 Å². The molecule has 0 unspecified atom stereocenters. The highest BCUT2D eigenvalue weighted by atomic mass is 35.5. The van der Waals surface area contributed by atoms with Crippen molar-refractivity contribution in [2.75, 3.05) is 6.54 Å². The molecule has 0 saturated heterocycles. The molecule has 0 saturated carbocycles. The Balaban J connectivity index is 2.19. The Kier molecular flexibility index (Phi) is 4.80. The summed E-state index contributed by atoms with van der Waals surface area (Å²) in [5, 5.41) is 4.21. The molecule has 0 heterocycles. The first-order valence-electron chi connectivity index (χ1n) is 6.36. The van der Waals surface area contributed by atoms with Crippen LogP contribution in [0.25, 0.3) is 11.1 Å². The second-order valence-electron chi connectivity index (χ2n) is 4.36. The van der Waals surface area contributed by atoms with Gasteiger partial charge in [-0.2, -0.15) is 0 Å². The average Bonchev–Trinajstić information content (AvgIpc) is 2.40. The number of hydrogen-bond acceptors (Lipinski definition) is 1. The summed E-state index contributed by atoms with van der Waals surface area (Å²) in [7, 11) is 0. The van der Waals surface area contributed by atoms with Gasteiger partial charge in [0.15, 0.2) is 0 Å². The third-order valence-electron chi connectivity index (χ3n) is 2.87. The van der Waals surface area contributed by atoms with E-state index in [2.05, 4.69) is 42.6 Å². The zero-order valence-electron chi connectivity index (χ0n) is 10.6. The van der Waals surface area contributed by atoms with Crippen molar-refractivity contribution in [3.63, 3.8) is 0 Å². The summed E-state index contributed by atoms with van der Waals surface area (Å²) in [5.74, 6) is 0. The fraction of sp³-hybridized carbons (Fsp3) is 0.250. The zero-order valence-corrected chi connectivity index (χ0v) is 11.4. The first-order chi connectivity index (χ1) is 8.81. The molecule has 2 heteroatoms. The number of benzene rings is 2. The van der Waals surface area contributed by atoms with Gasteiger partial charge in [-0.05, 0) is 36.2 Å². The van der Waals surface area contributed by atoms with Crippen LogP contribution >= 0.6 is 11.6 Å². The molecule has 0 radical (unpaired) electrons. The molecule has 0 aliphatic rings. The van der Waals surface area contributed by atoms with Gasteiger partial charge in [0, 0.05) is 17.1 Å². The Labute approximate surface area is 114 Å². The first kappa shape index (κ1) is 13.1. The van der Waals surface area contributed by atoms with Crippen molar-refractivity contribution in [3.05, 3.63) is 59.1 Å². The third kappa shape index (κ3) is 3.34. The summed E-state index contributed by atoms with van der Waals surface area (Å²) < 4.78 is 0. The van der Waals surface area contributed by atoms with Crippen LogP contribution in [0.3, 0.4) is 0 Å². The molecule has 0 aliphatic carbocycles. The summed E-state index contributed by atoms with van der Waals surface area (Å²) in [6.45, 7) is 4.13. The van der Waals surface area contributed by atoms with Crippen molar-refractivity contribution < 1.29 is 0 Å². The molecule has 18 heavy (non-hydrogen) atoms. The molecule has 0 spiro atoms. The standard InChI is InChI=1S/C16H18ClN/c1-2-10-18-12-13-6-5-7-14(11-13)15-8-3-4-9-16(15)17/h3-9,11,18H,2,10,12H2,1H3. The number of hydrogen-bond donors (Lipinski definition) is 1. The highest BCUT2D eigenvalue weighted by Crippen LogP contribution is 2.27. The molecule has 94 valence electrons. The van der Waals surface area contributed by atoms with Gasteiger partial charge in [-0.3, -0.25) is 0 Å². The van der Waals surface area contributed by atoms with Gasteiger partial charge in [-0.1, -0.05) is 54.9 Å². The molecule has 0 aliphatic heterocycles. The van der Waals surface area contributed by atoms with Crippen LogP contribution in [0.2, 0.25) is 5.02 Å². The van der Waals surface area contributed by atoms with E-state index in [4.69, 9.17) is 11.6 Å². The molecule has 1 nitrogen and oxygen atoms in total. The van der Waals surface area contributed by atoms with Crippen LogP contribution in [-0.4, -0.2) is 6.54 Å². The maximum absolute atomic E-state index is 6.22. The minimum atomic E-state index is 0.802. The summed E-state index contributed by atoms with van der Waals surface area (Å²) in [5.41, 5.74) is 3.56. The fourth-order valence-corrected chi connectivity index (χ4v) is 2.20. The summed E-state index contributed by atoms with van der Waals surface area (Å²) >= 11 is 6.22. The predicted octanol–water partition coefficient (Wildman–Crippen LogP) is 4.51. The van der Waals surface area contributed by atoms with E-state index in [-0.39, 0.29) is 0 Å². The number of nitrogens with one attached hydrogen (secondary N) is 1. The minimum Gasteiger partial charge on any atom is -0.313 e. The molecule has 0 fully saturated rings. The van der Waals surface area contributed by atoms with Crippen molar-refractivity contribution in [1.29, 1.82) is 0 Å². The second kappa shape index (κ2) is 6.58. The highest BCUT2D eigenvalue weighted by molar-refractivity contribution is 6.33. The lowest BCUT2D eigenvalue weighted by atomic mass is 10.0. The van der Waals surface area contributed by atoms with E-state index in [1.165, 1.54) is 11.1 Å².